The third kappa shape index (κ3) is 6.81. The summed E-state index contributed by atoms with van der Waals surface area (Å²) in [6, 6.07) is 20.5. The number of hydrogen-bond acceptors (Lipinski definition) is 4. The lowest BCUT2D eigenvalue weighted by atomic mass is 10.1. The van der Waals surface area contributed by atoms with Crippen molar-refractivity contribution in [3.63, 3.8) is 0 Å². The Morgan fingerprint density at radius 2 is 1.47 bits per heavy atom. The summed E-state index contributed by atoms with van der Waals surface area (Å²) in [5.41, 5.74) is 4.05. The first-order chi connectivity index (χ1) is 18.1. The van der Waals surface area contributed by atoms with E-state index in [4.69, 9.17) is 0 Å². The summed E-state index contributed by atoms with van der Waals surface area (Å²) in [6.07, 6.45) is 0.387. The molecule has 1 N–H and O–H groups in total. The second-order valence-electron chi connectivity index (χ2n) is 9.44. The highest BCUT2D eigenvalue weighted by atomic mass is 32.2. The van der Waals surface area contributed by atoms with E-state index in [-0.39, 0.29) is 17.3 Å². The molecule has 202 valence electrons. The Morgan fingerprint density at radius 1 is 0.868 bits per heavy atom. The van der Waals surface area contributed by atoms with Gasteiger partial charge >= 0.3 is 0 Å². The van der Waals surface area contributed by atoms with Crippen LogP contribution in [0.15, 0.2) is 77.7 Å². The van der Waals surface area contributed by atoms with Gasteiger partial charge in [0.2, 0.25) is 11.8 Å². The minimum atomic E-state index is -4.07. The number of rotatable bonds is 11. The number of benzene rings is 3. The molecule has 2 amide bonds. The van der Waals surface area contributed by atoms with E-state index in [0.29, 0.717) is 18.7 Å². The molecule has 38 heavy (non-hydrogen) atoms. The largest absolute Gasteiger partial charge is 0.355 e. The fourth-order valence-corrected chi connectivity index (χ4v) is 5.94. The van der Waals surface area contributed by atoms with Gasteiger partial charge in [-0.3, -0.25) is 13.9 Å². The Labute approximate surface area is 226 Å². The van der Waals surface area contributed by atoms with Crippen LogP contribution >= 0.6 is 0 Å². The zero-order chi connectivity index (χ0) is 27.9. The molecule has 0 unspecified atom stereocenters. The van der Waals surface area contributed by atoms with Crippen molar-refractivity contribution in [3.8, 4) is 0 Å². The predicted octanol–water partition coefficient (Wildman–Crippen LogP) is 4.75. The Morgan fingerprint density at radius 3 is 2.05 bits per heavy atom. The average Bonchev–Trinajstić information content (AvgIpc) is 2.88. The van der Waals surface area contributed by atoms with Gasteiger partial charge in [0.15, 0.2) is 0 Å². The Kier molecular flexibility index (Phi) is 9.69. The third-order valence-electron chi connectivity index (χ3n) is 6.44. The van der Waals surface area contributed by atoms with Gasteiger partial charge < -0.3 is 10.2 Å². The van der Waals surface area contributed by atoms with Crippen LogP contribution in [-0.2, 0) is 26.2 Å². The van der Waals surface area contributed by atoms with Gasteiger partial charge in [-0.1, -0.05) is 55.5 Å². The minimum Gasteiger partial charge on any atom is -0.355 e. The highest BCUT2D eigenvalue weighted by Crippen LogP contribution is 2.27. The first-order valence-corrected chi connectivity index (χ1v) is 14.3. The molecular formula is C30H37N3O4S. The summed E-state index contributed by atoms with van der Waals surface area (Å²) in [4.78, 5) is 28.7. The van der Waals surface area contributed by atoms with E-state index < -0.39 is 28.5 Å². The summed E-state index contributed by atoms with van der Waals surface area (Å²) in [7, 11) is -4.07. The van der Waals surface area contributed by atoms with Crippen molar-refractivity contribution in [1.82, 2.24) is 10.2 Å². The molecule has 0 aromatic heterocycles. The van der Waals surface area contributed by atoms with Crippen LogP contribution in [0.2, 0.25) is 0 Å². The monoisotopic (exact) mass is 535 g/mol. The van der Waals surface area contributed by atoms with Crippen molar-refractivity contribution in [3.05, 3.63) is 95.1 Å². The first-order valence-electron chi connectivity index (χ1n) is 12.9. The molecule has 0 aliphatic heterocycles. The van der Waals surface area contributed by atoms with Crippen molar-refractivity contribution in [2.75, 3.05) is 17.4 Å². The number of amides is 2. The first kappa shape index (κ1) is 28.9. The predicted molar refractivity (Wildman–Crippen MR) is 151 cm³/mol. The second kappa shape index (κ2) is 12.7. The number of carbonyl (C=O) groups is 2. The topological polar surface area (TPSA) is 86.8 Å². The van der Waals surface area contributed by atoms with Gasteiger partial charge in [0, 0.05) is 13.1 Å². The molecule has 1 atom stereocenters. The van der Waals surface area contributed by atoms with Gasteiger partial charge in [-0.05, 0) is 80.6 Å². The van der Waals surface area contributed by atoms with Gasteiger partial charge in [0.05, 0.1) is 10.6 Å². The highest BCUT2D eigenvalue weighted by molar-refractivity contribution is 7.92. The van der Waals surface area contributed by atoms with Crippen LogP contribution in [-0.4, -0.2) is 44.3 Å². The van der Waals surface area contributed by atoms with E-state index in [1.165, 1.54) is 17.0 Å². The van der Waals surface area contributed by atoms with Crippen LogP contribution in [0.25, 0.3) is 0 Å². The van der Waals surface area contributed by atoms with Crippen LogP contribution in [0.3, 0.4) is 0 Å². The van der Waals surface area contributed by atoms with Crippen molar-refractivity contribution >= 4 is 27.5 Å². The minimum absolute atomic E-state index is 0.0909. The number of carbonyl (C=O) groups excluding carboxylic acids is 2. The summed E-state index contributed by atoms with van der Waals surface area (Å²) in [6.45, 7) is 9.57. The maximum absolute atomic E-state index is 14.0. The van der Waals surface area contributed by atoms with Crippen molar-refractivity contribution in [2.24, 2.45) is 0 Å². The molecule has 0 aliphatic rings. The molecule has 0 radical (unpaired) electrons. The lowest BCUT2D eigenvalue weighted by Gasteiger charge is -2.33. The second-order valence-corrected chi connectivity index (χ2v) is 11.3. The van der Waals surface area contributed by atoms with E-state index in [9.17, 15) is 18.0 Å². The van der Waals surface area contributed by atoms with Gasteiger partial charge in [-0.25, -0.2) is 8.42 Å². The lowest BCUT2D eigenvalue weighted by Crippen LogP contribution is -2.52. The standard InChI is InChI=1S/C30H37N3O4S/c1-6-28(30(35)31-7-2)32(20-25-14-12-11-13-24(25)5)29(34)21-33(26-18-22(3)17-23(4)19-26)38(36,37)27-15-9-8-10-16-27/h8-19,28H,6-7,20-21H2,1-5H3,(H,31,35)/t28-/m0/s1. The number of nitrogens with zero attached hydrogens (tertiary/aromatic N) is 2. The normalized spacial score (nSPS) is 12.0. The van der Waals surface area contributed by atoms with Crippen LogP contribution in [0.1, 0.15) is 42.5 Å². The van der Waals surface area contributed by atoms with Gasteiger partial charge in [0.1, 0.15) is 12.6 Å². The van der Waals surface area contributed by atoms with Crippen LogP contribution in [0, 0.1) is 20.8 Å². The lowest BCUT2D eigenvalue weighted by molar-refractivity contribution is -0.140. The third-order valence-corrected chi connectivity index (χ3v) is 8.23. The number of hydrogen-bond donors (Lipinski definition) is 1. The molecule has 3 rings (SSSR count). The van der Waals surface area contributed by atoms with E-state index >= 15 is 0 Å². The van der Waals surface area contributed by atoms with Crippen molar-refractivity contribution in [1.29, 1.82) is 0 Å². The molecule has 0 saturated heterocycles. The molecule has 3 aromatic carbocycles. The molecular weight excluding hydrogens is 498 g/mol. The van der Waals surface area contributed by atoms with E-state index in [2.05, 4.69) is 5.32 Å². The molecule has 0 fully saturated rings. The van der Waals surface area contributed by atoms with Crippen LogP contribution < -0.4 is 9.62 Å². The highest BCUT2D eigenvalue weighted by Gasteiger charge is 2.33. The maximum Gasteiger partial charge on any atom is 0.264 e. The molecule has 0 bridgehead atoms. The van der Waals surface area contributed by atoms with Gasteiger partial charge in [0.25, 0.3) is 10.0 Å². The van der Waals surface area contributed by atoms with E-state index in [1.54, 1.807) is 30.3 Å². The van der Waals surface area contributed by atoms with Gasteiger partial charge in [-0.15, -0.1) is 0 Å². The van der Waals surface area contributed by atoms with E-state index in [0.717, 1.165) is 26.6 Å². The van der Waals surface area contributed by atoms with Crippen molar-refractivity contribution < 1.29 is 18.0 Å². The maximum atomic E-state index is 14.0. The quantitative estimate of drug-likeness (QED) is 0.384. The average molecular weight is 536 g/mol. The fraction of sp³-hybridized carbons (Fsp3) is 0.333. The number of aryl methyl sites for hydroxylation is 3. The molecule has 0 saturated carbocycles. The summed E-state index contributed by atoms with van der Waals surface area (Å²) < 4.78 is 28.9. The zero-order valence-electron chi connectivity index (χ0n) is 22.8. The summed E-state index contributed by atoms with van der Waals surface area (Å²) in [5, 5.41) is 2.82. The number of anilines is 1. The SMILES string of the molecule is CCNC(=O)[C@H](CC)N(Cc1ccccc1C)C(=O)CN(c1cc(C)cc(C)c1)S(=O)(=O)c1ccccc1. The van der Waals surface area contributed by atoms with E-state index in [1.807, 2.05) is 65.0 Å². The molecule has 0 spiro atoms. The molecule has 7 nitrogen and oxygen atoms in total. The van der Waals surface area contributed by atoms with Crippen molar-refractivity contribution in [2.45, 2.75) is 58.5 Å². The summed E-state index contributed by atoms with van der Waals surface area (Å²) in [5.74, 6) is -0.717. The van der Waals surface area contributed by atoms with Crippen LogP contribution in [0.4, 0.5) is 5.69 Å². The Hall–Kier alpha value is -3.65. The zero-order valence-corrected chi connectivity index (χ0v) is 23.6. The smallest absolute Gasteiger partial charge is 0.264 e. The Balaban J connectivity index is 2.09. The number of likely N-dealkylation sites (N-methyl/N-ethyl adjacent to an activating group) is 1. The number of sulfonamides is 1. The molecule has 8 heteroatoms. The number of nitrogens with one attached hydrogen (secondary N) is 1. The Bertz CT molecular complexity index is 1350. The van der Waals surface area contributed by atoms with Crippen LogP contribution in [0.5, 0.6) is 0 Å². The fourth-order valence-electron chi connectivity index (χ4n) is 4.53. The summed E-state index contributed by atoms with van der Waals surface area (Å²) >= 11 is 0. The molecule has 0 heterocycles. The molecule has 0 aliphatic carbocycles. The molecule has 3 aromatic rings. The van der Waals surface area contributed by atoms with Gasteiger partial charge in [-0.2, -0.15) is 0 Å².